The molecule has 0 aliphatic carbocycles. The summed E-state index contributed by atoms with van der Waals surface area (Å²) in [6.45, 7) is 0. The standard InChI is InChI=1S/C5H7NO2.C4H3NO2/c1-6-4(7)2-3-5(6)8;6-3-1-2-4(7)5-3/h2-3H2,1H3;1-2H,(H,5,6,7). The molecule has 0 aromatic carbocycles. The Bertz CT molecular complexity index is 327. The van der Waals surface area contributed by atoms with Gasteiger partial charge in [-0.1, -0.05) is 0 Å². The van der Waals surface area contributed by atoms with Crippen molar-refractivity contribution in [2.24, 2.45) is 0 Å². The Labute approximate surface area is 85.9 Å². The number of amides is 4. The maximum absolute atomic E-state index is 10.5. The van der Waals surface area contributed by atoms with Crippen LogP contribution in [-0.4, -0.2) is 35.6 Å². The minimum atomic E-state index is -0.329. The Balaban J connectivity index is 0.000000151. The van der Waals surface area contributed by atoms with Crippen LogP contribution in [0.25, 0.3) is 0 Å². The van der Waals surface area contributed by atoms with E-state index in [0.717, 1.165) is 0 Å². The Morgan fingerprint density at radius 3 is 1.53 bits per heavy atom. The van der Waals surface area contributed by atoms with E-state index in [1.807, 2.05) is 5.32 Å². The summed E-state index contributed by atoms with van der Waals surface area (Å²) in [5.41, 5.74) is 0. The topological polar surface area (TPSA) is 83.6 Å². The van der Waals surface area contributed by atoms with E-state index in [9.17, 15) is 19.2 Å². The smallest absolute Gasteiger partial charge is 0.250 e. The second-order valence-corrected chi connectivity index (χ2v) is 3.03. The first kappa shape index (κ1) is 11.1. The Morgan fingerprint density at radius 1 is 1.00 bits per heavy atom. The summed E-state index contributed by atoms with van der Waals surface area (Å²) in [5.74, 6) is -0.778. The Hall–Kier alpha value is -1.98. The van der Waals surface area contributed by atoms with Gasteiger partial charge in [0.2, 0.25) is 11.8 Å². The SMILES string of the molecule is CN1C(=O)CCC1=O.O=C1C=CC(=O)N1. The quantitative estimate of drug-likeness (QED) is 0.518. The van der Waals surface area contributed by atoms with Crippen LogP contribution in [0.1, 0.15) is 12.8 Å². The molecule has 0 unspecified atom stereocenters. The molecule has 80 valence electrons. The highest BCUT2D eigenvalue weighted by Crippen LogP contribution is 2.07. The zero-order valence-corrected chi connectivity index (χ0v) is 8.15. The molecule has 15 heavy (non-hydrogen) atoms. The summed E-state index contributed by atoms with van der Waals surface area (Å²) >= 11 is 0. The van der Waals surface area contributed by atoms with Crippen molar-refractivity contribution >= 4 is 23.6 Å². The van der Waals surface area contributed by atoms with Crippen LogP contribution in [0.2, 0.25) is 0 Å². The molecule has 4 amide bonds. The number of carbonyl (C=O) groups excluding carboxylic acids is 4. The normalized spacial score (nSPS) is 19.1. The Kier molecular flexibility index (Phi) is 3.33. The van der Waals surface area contributed by atoms with E-state index in [0.29, 0.717) is 12.8 Å². The lowest BCUT2D eigenvalue weighted by Crippen LogP contribution is -2.23. The molecule has 2 rings (SSSR count). The summed E-state index contributed by atoms with van der Waals surface area (Å²) < 4.78 is 0. The molecule has 6 heteroatoms. The van der Waals surface area contributed by atoms with Gasteiger partial charge in [0, 0.05) is 32.0 Å². The summed E-state index contributed by atoms with van der Waals surface area (Å²) in [5, 5.41) is 2.03. The van der Waals surface area contributed by atoms with Crippen LogP contribution in [0.3, 0.4) is 0 Å². The maximum atomic E-state index is 10.5. The average Bonchev–Trinajstić information content (AvgIpc) is 2.68. The highest BCUT2D eigenvalue weighted by Gasteiger charge is 2.24. The highest BCUT2D eigenvalue weighted by molar-refractivity contribution is 6.12. The largest absolute Gasteiger partial charge is 0.289 e. The van der Waals surface area contributed by atoms with Crippen LogP contribution in [0.15, 0.2) is 12.2 Å². The van der Waals surface area contributed by atoms with E-state index in [1.165, 1.54) is 24.1 Å². The van der Waals surface area contributed by atoms with Crippen molar-refractivity contribution < 1.29 is 19.2 Å². The van der Waals surface area contributed by atoms with E-state index in [2.05, 4.69) is 0 Å². The zero-order chi connectivity index (χ0) is 11.4. The van der Waals surface area contributed by atoms with Crippen molar-refractivity contribution in [3.63, 3.8) is 0 Å². The first-order valence-corrected chi connectivity index (χ1v) is 4.33. The van der Waals surface area contributed by atoms with Gasteiger partial charge in [-0.25, -0.2) is 0 Å². The number of nitrogens with zero attached hydrogens (tertiary/aromatic N) is 1. The third-order valence-electron chi connectivity index (χ3n) is 1.93. The number of likely N-dealkylation sites (tertiary alicyclic amines) is 1. The molecular weight excluding hydrogens is 200 g/mol. The van der Waals surface area contributed by atoms with E-state index < -0.39 is 0 Å². The third-order valence-corrected chi connectivity index (χ3v) is 1.93. The lowest BCUT2D eigenvalue weighted by atomic mass is 10.4. The van der Waals surface area contributed by atoms with Gasteiger partial charge in [-0.2, -0.15) is 0 Å². The second-order valence-electron chi connectivity index (χ2n) is 3.03. The fourth-order valence-electron chi connectivity index (χ4n) is 1.04. The van der Waals surface area contributed by atoms with E-state index in [4.69, 9.17) is 0 Å². The van der Waals surface area contributed by atoms with Crippen molar-refractivity contribution in [1.29, 1.82) is 0 Å². The summed E-state index contributed by atoms with van der Waals surface area (Å²) in [4.78, 5) is 42.2. The van der Waals surface area contributed by atoms with Gasteiger partial charge in [-0.3, -0.25) is 29.4 Å². The van der Waals surface area contributed by atoms with Gasteiger partial charge in [0.1, 0.15) is 0 Å². The minimum Gasteiger partial charge on any atom is -0.289 e. The minimum absolute atomic E-state index is 0.0602. The molecule has 1 N–H and O–H groups in total. The van der Waals surface area contributed by atoms with Crippen molar-refractivity contribution in [2.45, 2.75) is 12.8 Å². The van der Waals surface area contributed by atoms with Gasteiger partial charge in [0.15, 0.2) is 0 Å². The first-order chi connectivity index (χ1) is 7.00. The molecule has 2 aliphatic heterocycles. The Morgan fingerprint density at radius 2 is 1.40 bits per heavy atom. The number of rotatable bonds is 0. The lowest BCUT2D eigenvalue weighted by molar-refractivity contribution is -0.136. The van der Waals surface area contributed by atoms with Gasteiger partial charge < -0.3 is 0 Å². The monoisotopic (exact) mass is 210 g/mol. The fourth-order valence-corrected chi connectivity index (χ4v) is 1.04. The van der Waals surface area contributed by atoms with Crippen molar-refractivity contribution in [1.82, 2.24) is 10.2 Å². The molecule has 2 aliphatic rings. The maximum Gasteiger partial charge on any atom is 0.250 e. The van der Waals surface area contributed by atoms with Gasteiger partial charge in [-0.15, -0.1) is 0 Å². The molecular formula is C9H10N2O4. The molecule has 0 saturated carbocycles. The fraction of sp³-hybridized carbons (Fsp3) is 0.333. The van der Waals surface area contributed by atoms with Gasteiger partial charge in [0.25, 0.3) is 11.8 Å². The molecule has 0 aromatic rings. The summed E-state index contributed by atoms with van der Waals surface area (Å²) in [6.07, 6.45) is 3.19. The summed E-state index contributed by atoms with van der Waals surface area (Å²) in [7, 11) is 1.51. The predicted molar refractivity (Wildman–Crippen MR) is 49.3 cm³/mol. The van der Waals surface area contributed by atoms with Crippen molar-refractivity contribution in [3.05, 3.63) is 12.2 Å². The van der Waals surface area contributed by atoms with Crippen molar-refractivity contribution in [3.8, 4) is 0 Å². The van der Waals surface area contributed by atoms with Crippen LogP contribution >= 0.6 is 0 Å². The van der Waals surface area contributed by atoms with Crippen LogP contribution in [0.4, 0.5) is 0 Å². The van der Waals surface area contributed by atoms with Crippen LogP contribution < -0.4 is 5.32 Å². The molecule has 1 fully saturated rings. The summed E-state index contributed by atoms with van der Waals surface area (Å²) in [6, 6.07) is 0. The molecule has 2 heterocycles. The van der Waals surface area contributed by atoms with Crippen LogP contribution in [0, 0.1) is 0 Å². The van der Waals surface area contributed by atoms with Crippen LogP contribution in [-0.2, 0) is 19.2 Å². The molecule has 0 spiro atoms. The van der Waals surface area contributed by atoms with Crippen LogP contribution in [0.5, 0.6) is 0 Å². The predicted octanol–water partition coefficient (Wildman–Crippen LogP) is -1.04. The number of hydrogen-bond acceptors (Lipinski definition) is 4. The third kappa shape index (κ3) is 3.01. The van der Waals surface area contributed by atoms with Crippen molar-refractivity contribution in [2.75, 3.05) is 7.05 Å². The zero-order valence-electron chi connectivity index (χ0n) is 8.15. The number of imide groups is 2. The molecule has 0 atom stereocenters. The molecule has 0 radical (unpaired) electrons. The molecule has 1 saturated heterocycles. The van der Waals surface area contributed by atoms with Gasteiger partial charge in [-0.05, 0) is 0 Å². The van der Waals surface area contributed by atoms with E-state index in [-0.39, 0.29) is 23.6 Å². The second kappa shape index (κ2) is 4.50. The molecule has 0 bridgehead atoms. The highest BCUT2D eigenvalue weighted by atomic mass is 16.2. The number of carbonyl (C=O) groups is 4. The molecule has 0 aromatic heterocycles. The van der Waals surface area contributed by atoms with Gasteiger partial charge in [0.05, 0.1) is 0 Å². The lowest BCUT2D eigenvalue weighted by Gasteiger charge is -2.01. The first-order valence-electron chi connectivity index (χ1n) is 4.33. The number of hydrogen-bond donors (Lipinski definition) is 1. The van der Waals surface area contributed by atoms with E-state index >= 15 is 0 Å². The van der Waals surface area contributed by atoms with E-state index in [1.54, 1.807) is 0 Å². The molecule has 6 nitrogen and oxygen atoms in total. The van der Waals surface area contributed by atoms with Gasteiger partial charge >= 0.3 is 0 Å². The number of nitrogens with one attached hydrogen (secondary N) is 1. The average molecular weight is 210 g/mol.